The summed E-state index contributed by atoms with van der Waals surface area (Å²) in [7, 11) is 0. The molecule has 0 aliphatic heterocycles. The molecule has 0 spiro atoms. The lowest BCUT2D eigenvalue weighted by atomic mass is 10.3. The summed E-state index contributed by atoms with van der Waals surface area (Å²) in [5.74, 6) is -0.464. The molecule has 23 heavy (non-hydrogen) atoms. The molecule has 0 atom stereocenters. The molecule has 0 saturated heterocycles. The number of fused-ring (bicyclic) bond motifs is 1. The Bertz CT molecular complexity index is 700. The van der Waals surface area contributed by atoms with Crippen molar-refractivity contribution in [3.8, 4) is 0 Å². The second-order valence-electron chi connectivity index (χ2n) is 4.89. The summed E-state index contributed by atoms with van der Waals surface area (Å²) in [4.78, 5) is 16.1. The van der Waals surface area contributed by atoms with Crippen molar-refractivity contribution in [3.05, 3.63) is 29.2 Å². The maximum atomic E-state index is 13.5. The van der Waals surface area contributed by atoms with E-state index in [9.17, 15) is 13.6 Å². The van der Waals surface area contributed by atoms with Gasteiger partial charge in [0.1, 0.15) is 5.69 Å². The zero-order chi connectivity index (χ0) is 17.0. The van der Waals surface area contributed by atoms with Gasteiger partial charge in [-0.25, -0.2) is 9.50 Å². The fraction of sp³-hybridized carbons (Fsp3) is 0.500. The van der Waals surface area contributed by atoms with Crippen LogP contribution in [0.3, 0.4) is 0 Å². The van der Waals surface area contributed by atoms with E-state index in [0.717, 1.165) is 10.6 Å². The van der Waals surface area contributed by atoms with Crippen molar-refractivity contribution in [2.75, 3.05) is 19.8 Å². The number of carbonyl (C=O) groups is 1. The highest BCUT2D eigenvalue weighted by Crippen LogP contribution is 2.32. The van der Waals surface area contributed by atoms with Gasteiger partial charge in [-0.3, -0.25) is 4.79 Å². The maximum Gasteiger partial charge on any atom is 0.364 e. The predicted molar refractivity (Wildman–Crippen MR) is 80.9 cm³/mol. The first-order chi connectivity index (χ1) is 10.8. The molecule has 2 aromatic rings. The maximum absolute atomic E-state index is 13.5. The summed E-state index contributed by atoms with van der Waals surface area (Å²) in [6, 6.07) is 2.48. The zero-order valence-corrected chi connectivity index (χ0v) is 13.5. The normalized spacial score (nSPS) is 11.9. The smallest absolute Gasteiger partial charge is 0.364 e. The van der Waals surface area contributed by atoms with Gasteiger partial charge >= 0.3 is 5.38 Å². The van der Waals surface area contributed by atoms with Gasteiger partial charge in [0, 0.05) is 31.5 Å². The summed E-state index contributed by atoms with van der Waals surface area (Å²) in [6.45, 7) is 4.99. The minimum atomic E-state index is -3.61. The van der Waals surface area contributed by atoms with Crippen LogP contribution in [-0.2, 0) is 10.1 Å². The molecule has 6 nitrogen and oxygen atoms in total. The Kier molecular flexibility index (Phi) is 5.48. The number of alkyl halides is 3. The van der Waals surface area contributed by atoms with Gasteiger partial charge in [-0.1, -0.05) is 0 Å². The Morgan fingerprint density at radius 3 is 2.87 bits per heavy atom. The summed E-state index contributed by atoms with van der Waals surface area (Å²) in [5.41, 5.74) is -0.0325. The van der Waals surface area contributed by atoms with Crippen molar-refractivity contribution < 1.29 is 18.3 Å². The lowest BCUT2D eigenvalue weighted by molar-refractivity contribution is 0.0864. The Balaban J connectivity index is 2.18. The van der Waals surface area contributed by atoms with E-state index in [1.807, 2.05) is 6.92 Å². The zero-order valence-electron chi connectivity index (χ0n) is 12.8. The fourth-order valence-electron chi connectivity index (χ4n) is 2.02. The third-order valence-electron chi connectivity index (χ3n) is 3.03. The third-order valence-corrected chi connectivity index (χ3v) is 3.23. The number of hydrogen-bond acceptors (Lipinski definition) is 4. The van der Waals surface area contributed by atoms with Crippen LogP contribution in [0.4, 0.5) is 8.78 Å². The van der Waals surface area contributed by atoms with Crippen molar-refractivity contribution in [3.63, 3.8) is 0 Å². The van der Waals surface area contributed by atoms with E-state index in [4.69, 9.17) is 16.3 Å². The summed E-state index contributed by atoms with van der Waals surface area (Å²) < 4.78 is 33.0. The number of nitrogens with zero attached hydrogens (tertiary/aromatic N) is 3. The monoisotopic (exact) mass is 346 g/mol. The third kappa shape index (κ3) is 4.35. The lowest BCUT2D eigenvalue weighted by Gasteiger charge is -2.10. The van der Waals surface area contributed by atoms with Crippen molar-refractivity contribution in [1.29, 1.82) is 0 Å². The number of ether oxygens (including phenoxy) is 1. The number of aromatic nitrogens is 3. The van der Waals surface area contributed by atoms with E-state index >= 15 is 0 Å². The topological polar surface area (TPSA) is 68.5 Å². The van der Waals surface area contributed by atoms with Crippen molar-refractivity contribution in [1.82, 2.24) is 19.9 Å². The molecule has 1 N–H and O–H groups in total. The standard InChI is InChI=1S/C14H17ClF2N4O2/c1-3-23-6-4-5-18-13(22)10-8-12-19-9(2)7-11(14(15,16)17)21(12)20-10/h7-8H,3-6H2,1-2H3,(H,18,22). The highest BCUT2D eigenvalue weighted by atomic mass is 35.5. The van der Waals surface area contributed by atoms with Gasteiger partial charge in [-0.2, -0.15) is 13.9 Å². The average Bonchev–Trinajstić information content (AvgIpc) is 2.88. The minimum absolute atomic E-state index is 0.00155. The van der Waals surface area contributed by atoms with Crippen LogP contribution in [0.5, 0.6) is 0 Å². The Labute approximate surface area is 136 Å². The van der Waals surface area contributed by atoms with Gasteiger partial charge in [-0.05, 0) is 37.9 Å². The van der Waals surface area contributed by atoms with Crippen molar-refractivity contribution in [2.24, 2.45) is 0 Å². The minimum Gasteiger partial charge on any atom is -0.382 e. The molecule has 0 saturated carbocycles. The van der Waals surface area contributed by atoms with Crippen LogP contribution in [0.2, 0.25) is 0 Å². The van der Waals surface area contributed by atoms with Crippen molar-refractivity contribution in [2.45, 2.75) is 25.7 Å². The average molecular weight is 347 g/mol. The highest BCUT2D eigenvalue weighted by molar-refractivity contribution is 6.21. The fourth-order valence-corrected chi connectivity index (χ4v) is 2.16. The molecule has 2 rings (SSSR count). The molecular formula is C14H17ClF2N4O2. The quantitative estimate of drug-likeness (QED) is 0.617. The molecule has 9 heteroatoms. The molecule has 126 valence electrons. The number of rotatable bonds is 7. The number of carbonyl (C=O) groups excluding carboxylic acids is 1. The molecular weight excluding hydrogens is 330 g/mol. The summed E-state index contributed by atoms with van der Waals surface area (Å²) in [6.07, 6.45) is 0.648. The van der Waals surface area contributed by atoms with Crippen LogP contribution >= 0.6 is 11.6 Å². The SMILES string of the molecule is CCOCCCNC(=O)c1cc2nc(C)cc(C(F)(F)Cl)n2n1. The van der Waals surface area contributed by atoms with Crippen molar-refractivity contribution >= 4 is 23.2 Å². The molecule has 0 fully saturated rings. The number of aryl methyl sites for hydroxylation is 1. The van der Waals surface area contributed by atoms with Crippen LogP contribution < -0.4 is 5.32 Å². The predicted octanol–water partition coefficient (Wildman–Crippen LogP) is 2.48. The van der Waals surface area contributed by atoms with Crippen LogP contribution in [0, 0.1) is 6.92 Å². The Morgan fingerprint density at radius 1 is 1.48 bits per heavy atom. The van der Waals surface area contributed by atoms with Crippen LogP contribution in [0.15, 0.2) is 12.1 Å². The van der Waals surface area contributed by atoms with Gasteiger partial charge in [0.2, 0.25) is 0 Å². The van der Waals surface area contributed by atoms with E-state index in [0.29, 0.717) is 31.9 Å². The Morgan fingerprint density at radius 2 is 2.22 bits per heavy atom. The van der Waals surface area contributed by atoms with E-state index < -0.39 is 17.0 Å². The molecule has 2 aromatic heterocycles. The molecule has 0 unspecified atom stereocenters. The lowest BCUT2D eigenvalue weighted by Crippen LogP contribution is -2.25. The first-order valence-corrected chi connectivity index (χ1v) is 7.51. The van der Waals surface area contributed by atoms with Crippen LogP contribution in [0.25, 0.3) is 5.65 Å². The van der Waals surface area contributed by atoms with Crippen LogP contribution in [-0.4, -0.2) is 40.3 Å². The van der Waals surface area contributed by atoms with Gasteiger partial charge < -0.3 is 10.1 Å². The number of amides is 1. The van der Waals surface area contributed by atoms with Gasteiger partial charge in [0.15, 0.2) is 11.3 Å². The highest BCUT2D eigenvalue weighted by Gasteiger charge is 2.32. The van der Waals surface area contributed by atoms with Gasteiger partial charge in [0.05, 0.1) is 0 Å². The van der Waals surface area contributed by atoms with E-state index in [2.05, 4.69) is 15.4 Å². The summed E-state index contributed by atoms with van der Waals surface area (Å²) >= 11 is 5.09. The second kappa shape index (κ2) is 7.18. The van der Waals surface area contributed by atoms with E-state index in [1.54, 1.807) is 6.92 Å². The van der Waals surface area contributed by atoms with Gasteiger partial charge in [-0.15, -0.1) is 0 Å². The second-order valence-corrected chi connectivity index (χ2v) is 5.36. The first kappa shape index (κ1) is 17.6. The molecule has 0 aliphatic rings. The van der Waals surface area contributed by atoms with Crippen LogP contribution in [0.1, 0.15) is 35.2 Å². The molecule has 0 aromatic carbocycles. The molecule has 0 bridgehead atoms. The van der Waals surface area contributed by atoms with E-state index in [1.165, 1.54) is 6.07 Å². The van der Waals surface area contributed by atoms with E-state index in [-0.39, 0.29) is 11.3 Å². The summed E-state index contributed by atoms with van der Waals surface area (Å²) in [5, 5.41) is 2.92. The molecule has 2 heterocycles. The largest absolute Gasteiger partial charge is 0.382 e. The molecule has 0 aliphatic carbocycles. The molecule has 0 radical (unpaired) electrons. The Hall–Kier alpha value is -1.80. The number of hydrogen-bond donors (Lipinski definition) is 1. The van der Waals surface area contributed by atoms with Gasteiger partial charge in [0.25, 0.3) is 5.91 Å². The number of nitrogens with one attached hydrogen (secondary N) is 1. The first-order valence-electron chi connectivity index (χ1n) is 7.13. The molecule has 1 amide bonds. The number of halogens is 3.